The molecular weight excluding hydrogens is 207 g/mol. The number of rotatable bonds is 2. The quantitative estimate of drug-likeness (QED) is 0.808. The molecule has 16 heavy (non-hydrogen) atoms. The minimum absolute atomic E-state index is 0.265. The number of carbonyl (C=O) groups is 1. The molecular formula is C12H17FN2O. The molecule has 4 heteroatoms. The highest BCUT2D eigenvalue weighted by atomic mass is 19.1. The van der Waals surface area contributed by atoms with Gasteiger partial charge in [0.15, 0.2) is 0 Å². The summed E-state index contributed by atoms with van der Waals surface area (Å²) < 4.78 is 12.6. The molecule has 1 aromatic rings. The van der Waals surface area contributed by atoms with Gasteiger partial charge in [0, 0.05) is 5.69 Å². The zero-order valence-electron chi connectivity index (χ0n) is 9.75. The Hall–Kier alpha value is -1.42. The lowest BCUT2D eigenvalue weighted by atomic mass is 9.87. The maximum Gasteiger partial charge on any atom is 0.241 e. The third-order valence-corrected chi connectivity index (χ3v) is 2.33. The van der Waals surface area contributed by atoms with Gasteiger partial charge in [0.2, 0.25) is 5.91 Å². The van der Waals surface area contributed by atoms with Crippen molar-refractivity contribution in [2.75, 3.05) is 5.32 Å². The molecule has 0 fully saturated rings. The van der Waals surface area contributed by atoms with Crippen LogP contribution in [0.3, 0.4) is 0 Å². The lowest BCUT2D eigenvalue weighted by Gasteiger charge is -2.25. The van der Waals surface area contributed by atoms with Crippen LogP contribution in [0.15, 0.2) is 24.3 Å². The van der Waals surface area contributed by atoms with Gasteiger partial charge in [-0.3, -0.25) is 4.79 Å². The monoisotopic (exact) mass is 224 g/mol. The third-order valence-electron chi connectivity index (χ3n) is 2.33. The molecule has 0 saturated carbocycles. The molecule has 0 radical (unpaired) electrons. The maximum atomic E-state index is 12.6. The van der Waals surface area contributed by atoms with Gasteiger partial charge in [-0.15, -0.1) is 0 Å². The first-order valence-corrected chi connectivity index (χ1v) is 5.13. The predicted molar refractivity (Wildman–Crippen MR) is 62.5 cm³/mol. The summed E-state index contributed by atoms with van der Waals surface area (Å²) in [6.45, 7) is 5.67. The predicted octanol–water partition coefficient (Wildman–Crippen LogP) is 2.14. The van der Waals surface area contributed by atoms with Crippen molar-refractivity contribution in [3.05, 3.63) is 30.1 Å². The number of nitrogens with one attached hydrogen (secondary N) is 1. The summed E-state index contributed by atoms with van der Waals surface area (Å²) in [7, 11) is 0. The van der Waals surface area contributed by atoms with E-state index in [2.05, 4.69) is 5.32 Å². The van der Waals surface area contributed by atoms with Gasteiger partial charge in [0.05, 0.1) is 6.04 Å². The van der Waals surface area contributed by atoms with E-state index in [1.54, 1.807) is 0 Å². The zero-order valence-corrected chi connectivity index (χ0v) is 9.75. The van der Waals surface area contributed by atoms with Gasteiger partial charge in [0.25, 0.3) is 0 Å². The largest absolute Gasteiger partial charge is 0.325 e. The number of amides is 1. The summed E-state index contributed by atoms with van der Waals surface area (Å²) in [4.78, 5) is 11.7. The van der Waals surface area contributed by atoms with Crippen LogP contribution < -0.4 is 11.1 Å². The summed E-state index contributed by atoms with van der Waals surface area (Å²) in [6, 6.07) is 4.99. The third kappa shape index (κ3) is 3.31. The van der Waals surface area contributed by atoms with Gasteiger partial charge >= 0.3 is 0 Å². The normalized spacial score (nSPS) is 13.3. The number of hydrogen-bond acceptors (Lipinski definition) is 2. The highest BCUT2D eigenvalue weighted by molar-refractivity contribution is 5.95. The molecule has 0 aromatic heterocycles. The Balaban J connectivity index is 2.68. The van der Waals surface area contributed by atoms with Crippen molar-refractivity contribution >= 4 is 11.6 Å². The second-order valence-corrected chi connectivity index (χ2v) is 4.84. The number of nitrogens with two attached hydrogens (primary N) is 1. The van der Waals surface area contributed by atoms with Crippen molar-refractivity contribution in [2.45, 2.75) is 26.8 Å². The molecule has 3 nitrogen and oxygen atoms in total. The minimum Gasteiger partial charge on any atom is -0.325 e. The first-order valence-electron chi connectivity index (χ1n) is 5.13. The van der Waals surface area contributed by atoms with E-state index in [4.69, 9.17) is 5.73 Å². The van der Waals surface area contributed by atoms with E-state index in [0.717, 1.165) is 0 Å². The molecule has 0 aliphatic carbocycles. The summed E-state index contributed by atoms with van der Waals surface area (Å²) in [5.41, 5.74) is 6.03. The van der Waals surface area contributed by atoms with Gasteiger partial charge in [-0.25, -0.2) is 4.39 Å². The Morgan fingerprint density at radius 1 is 1.31 bits per heavy atom. The van der Waals surface area contributed by atoms with Crippen LogP contribution in [-0.4, -0.2) is 11.9 Å². The summed E-state index contributed by atoms with van der Waals surface area (Å²) in [5, 5.41) is 2.64. The van der Waals surface area contributed by atoms with Gasteiger partial charge in [-0.05, 0) is 29.7 Å². The highest BCUT2D eigenvalue weighted by Crippen LogP contribution is 2.19. The fourth-order valence-electron chi connectivity index (χ4n) is 1.15. The summed E-state index contributed by atoms with van der Waals surface area (Å²) in [5.74, 6) is -0.600. The molecule has 0 aliphatic rings. The van der Waals surface area contributed by atoms with Crippen LogP contribution in [0.25, 0.3) is 0 Å². The van der Waals surface area contributed by atoms with Crippen LogP contribution in [0.5, 0.6) is 0 Å². The zero-order chi connectivity index (χ0) is 12.3. The van der Waals surface area contributed by atoms with Crippen LogP contribution in [0.2, 0.25) is 0 Å². The minimum atomic E-state index is -0.599. The number of hydrogen-bond donors (Lipinski definition) is 2. The molecule has 0 bridgehead atoms. The first-order chi connectivity index (χ1) is 7.30. The first kappa shape index (κ1) is 12.6. The molecule has 1 aromatic carbocycles. The van der Waals surface area contributed by atoms with E-state index < -0.39 is 6.04 Å². The van der Waals surface area contributed by atoms with Crippen LogP contribution in [0, 0.1) is 11.2 Å². The van der Waals surface area contributed by atoms with Crippen LogP contribution in [-0.2, 0) is 4.79 Å². The average Bonchev–Trinajstić information content (AvgIpc) is 2.19. The fraction of sp³-hybridized carbons (Fsp3) is 0.417. The van der Waals surface area contributed by atoms with Gasteiger partial charge in [0.1, 0.15) is 5.82 Å². The molecule has 0 unspecified atom stereocenters. The van der Waals surface area contributed by atoms with Gasteiger partial charge in [-0.1, -0.05) is 20.8 Å². The molecule has 0 heterocycles. The van der Waals surface area contributed by atoms with Crippen molar-refractivity contribution in [3.8, 4) is 0 Å². The van der Waals surface area contributed by atoms with Crippen molar-refractivity contribution in [1.82, 2.24) is 0 Å². The van der Waals surface area contributed by atoms with E-state index in [9.17, 15) is 9.18 Å². The lowest BCUT2D eigenvalue weighted by Crippen LogP contribution is -2.45. The van der Waals surface area contributed by atoms with E-state index in [1.165, 1.54) is 24.3 Å². The number of anilines is 1. The SMILES string of the molecule is CC(C)(C)[C@@H](N)C(=O)Nc1ccc(F)cc1. The van der Waals surface area contributed by atoms with E-state index in [1.807, 2.05) is 20.8 Å². The van der Waals surface area contributed by atoms with Crippen molar-refractivity contribution < 1.29 is 9.18 Å². The van der Waals surface area contributed by atoms with Crippen molar-refractivity contribution in [3.63, 3.8) is 0 Å². The van der Waals surface area contributed by atoms with E-state index >= 15 is 0 Å². The average molecular weight is 224 g/mol. The smallest absolute Gasteiger partial charge is 0.241 e. The molecule has 0 spiro atoms. The van der Waals surface area contributed by atoms with Crippen LogP contribution in [0.4, 0.5) is 10.1 Å². The Morgan fingerprint density at radius 2 is 1.81 bits per heavy atom. The topological polar surface area (TPSA) is 55.1 Å². The Labute approximate surface area is 94.8 Å². The Morgan fingerprint density at radius 3 is 2.25 bits per heavy atom. The fourth-order valence-corrected chi connectivity index (χ4v) is 1.15. The Bertz CT molecular complexity index is 368. The molecule has 88 valence electrons. The molecule has 0 saturated heterocycles. The number of carbonyl (C=O) groups excluding carboxylic acids is 1. The number of benzene rings is 1. The summed E-state index contributed by atoms with van der Waals surface area (Å²) in [6.07, 6.45) is 0. The number of halogens is 1. The Kier molecular flexibility index (Phi) is 3.65. The molecule has 1 atom stereocenters. The highest BCUT2D eigenvalue weighted by Gasteiger charge is 2.27. The summed E-state index contributed by atoms with van der Waals surface area (Å²) >= 11 is 0. The van der Waals surface area contributed by atoms with Gasteiger partial charge in [-0.2, -0.15) is 0 Å². The van der Waals surface area contributed by atoms with Crippen molar-refractivity contribution in [1.29, 1.82) is 0 Å². The molecule has 1 amide bonds. The second-order valence-electron chi connectivity index (χ2n) is 4.84. The molecule has 0 aliphatic heterocycles. The maximum absolute atomic E-state index is 12.6. The van der Waals surface area contributed by atoms with Crippen LogP contribution in [0.1, 0.15) is 20.8 Å². The second kappa shape index (κ2) is 4.61. The van der Waals surface area contributed by atoms with Crippen molar-refractivity contribution in [2.24, 2.45) is 11.1 Å². The van der Waals surface area contributed by atoms with E-state index in [-0.39, 0.29) is 17.1 Å². The van der Waals surface area contributed by atoms with E-state index in [0.29, 0.717) is 5.69 Å². The molecule has 1 rings (SSSR count). The standard InChI is InChI=1S/C12H17FN2O/c1-12(2,3)10(14)11(16)15-9-6-4-8(13)5-7-9/h4-7,10H,14H2,1-3H3,(H,15,16)/t10-/m0/s1. The van der Waals surface area contributed by atoms with Crippen LogP contribution >= 0.6 is 0 Å². The lowest BCUT2D eigenvalue weighted by molar-refractivity contribution is -0.119. The van der Waals surface area contributed by atoms with Gasteiger partial charge < -0.3 is 11.1 Å². The molecule has 3 N–H and O–H groups in total.